The van der Waals surface area contributed by atoms with Gasteiger partial charge >= 0.3 is 6.09 Å². The summed E-state index contributed by atoms with van der Waals surface area (Å²) in [6.45, 7) is 5.78. The molecule has 3 heterocycles. The lowest BCUT2D eigenvalue weighted by Gasteiger charge is -2.19. The molecule has 0 atom stereocenters. The van der Waals surface area contributed by atoms with Gasteiger partial charge in [0, 0.05) is 12.2 Å². The number of rotatable bonds is 6. The van der Waals surface area contributed by atoms with E-state index in [0.717, 1.165) is 22.3 Å². The molecule has 0 fully saturated rings. The molecule has 1 aliphatic heterocycles. The van der Waals surface area contributed by atoms with Crippen LogP contribution < -0.4 is 15.8 Å². The van der Waals surface area contributed by atoms with Crippen molar-refractivity contribution in [1.29, 1.82) is 0 Å². The Balaban J connectivity index is 1.76. The Morgan fingerprint density at radius 1 is 1.21 bits per heavy atom. The maximum atomic E-state index is 12.3. The van der Waals surface area contributed by atoms with E-state index in [1.165, 1.54) is 11.8 Å². The molecule has 10 nitrogen and oxygen atoms in total. The fraction of sp³-hybridized carbons (Fsp3) is 0.348. The Morgan fingerprint density at radius 2 is 1.94 bits per heavy atom. The Labute approximate surface area is 200 Å². The van der Waals surface area contributed by atoms with E-state index >= 15 is 0 Å². The first kappa shape index (κ1) is 23.6. The maximum absolute atomic E-state index is 12.3. The number of hydrogen-bond donors (Lipinski definition) is 2. The average molecular weight is 483 g/mol. The third-order valence-corrected chi connectivity index (χ3v) is 5.91. The first-order chi connectivity index (χ1) is 16.1. The summed E-state index contributed by atoms with van der Waals surface area (Å²) in [5, 5.41) is 8.79. The molecular formula is C23H26N6O4S. The number of carbonyl (C=O) groups is 2. The summed E-state index contributed by atoms with van der Waals surface area (Å²) in [5.41, 5.74) is 7.81. The number of primary amides is 1. The SMILES string of the molecule is COc1ccc(Cn2nc3c4c(nc(NC(=O)OC(C)(C)C)nc42)SCC(CC(N)=O)=C3)cc1. The molecule has 0 aliphatic carbocycles. The molecule has 0 radical (unpaired) electrons. The second-order valence-corrected chi connectivity index (χ2v) is 9.77. The van der Waals surface area contributed by atoms with Crippen LogP contribution in [-0.2, 0) is 16.1 Å². The van der Waals surface area contributed by atoms with Crippen molar-refractivity contribution in [2.24, 2.45) is 5.73 Å². The number of nitrogens with one attached hydrogen (secondary N) is 1. The number of thioether (sulfide) groups is 1. The molecule has 0 saturated carbocycles. The molecule has 178 valence electrons. The Kier molecular flexibility index (Phi) is 6.47. The molecule has 0 unspecified atom stereocenters. The normalized spacial score (nSPS) is 13.2. The smallest absolute Gasteiger partial charge is 0.414 e. The standard InChI is InChI=1S/C23H26N6O4S/c1-23(2,3)33-22(31)27-21-25-19-18-16(9-14(10-17(24)30)12-34-20(18)26-21)28-29(19)11-13-5-7-15(32-4)8-6-13/h5-9H,10-12H2,1-4H3,(H2,24,30)(H,25,26,27,31). The van der Waals surface area contributed by atoms with Gasteiger partial charge < -0.3 is 15.2 Å². The zero-order chi connectivity index (χ0) is 24.5. The first-order valence-electron chi connectivity index (χ1n) is 10.6. The van der Waals surface area contributed by atoms with Gasteiger partial charge in [-0.3, -0.25) is 10.1 Å². The summed E-state index contributed by atoms with van der Waals surface area (Å²) < 4.78 is 12.3. The third-order valence-electron chi connectivity index (χ3n) is 4.83. The highest BCUT2D eigenvalue weighted by molar-refractivity contribution is 7.99. The van der Waals surface area contributed by atoms with E-state index in [1.54, 1.807) is 32.6 Å². The molecule has 34 heavy (non-hydrogen) atoms. The van der Waals surface area contributed by atoms with Gasteiger partial charge in [0.15, 0.2) is 5.65 Å². The summed E-state index contributed by atoms with van der Waals surface area (Å²) in [6, 6.07) is 7.65. The summed E-state index contributed by atoms with van der Waals surface area (Å²) in [5.74, 6) is 0.985. The first-order valence-corrected chi connectivity index (χ1v) is 11.6. The minimum atomic E-state index is -0.661. The molecule has 3 N–H and O–H groups in total. The second-order valence-electron chi connectivity index (χ2n) is 8.80. The fourth-order valence-electron chi connectivity index (χ4n) is 3.46. The van der Waals surface area contributed by atoms with Gasteiger partial charge in [0.25, 0.3) is 0 Å². The van der Waals surface area contributed by atoms with Crippen LogP contribution in [0.3, 0.4) is 0 Å². The summed E-state index contributed by atoms with van der Waals surface area (Å²) >= 11 is 1.44. The van der Waals surface area contributed by atoms with Crippen LogP contribution in [0.4, 0.5) is 10.7 Å². The minimum absolute atomic E-state index is 0.116. The Morgan fingerprint density at radius 3 is 2.59 bits per heavy atom. The minimum Gasteiger partial charge on any atom is -0.497 e. The Hall–Kier alpha value is -3.60. The van der Waals surface area contributed by atoms with Crippen LogP contribution in [-0.4, -0.2) is 50.2 Å². The van der Waals surface area contributed by atoms with Crippen LogP contribution >= 0.6 is 11.8 Å². The van der Waals surface area contributed by atoms with Crippen molar-refractivity contribution in [3.63, 3.8) is 0 Å². The predicted molar refractivity (Wildman–Crippen MR) is 130 cm³/mol. The van der Waals surface area contributed by atoms with Crippen molar-refractivity contribution in [2.75, 3.05) is 18.2 Å². The highest BCUT2D eigenvalue weighted by Crippen LogP contribution is 2.35. The highest BCUT2D eigenvalue weighted by Gasteiger charge is 2.24. The number of methoxy groups -OCH3 is 1. The topological polar surface area (TPSA) is 134 Å². The van der Waals surface area contributed by atoms with Crippen LogP contribution in [0.25, 0.3) is 17.1 Å². The quantitative estimate of drug-likeness (QED) is 0.509. The maximum Gasteiger partial charge on any atom is 0.414 e. The van der Waals surface area contributed by atoms with E-state index in [9.17, 15) is 9.59 Å². The van der Waals surface area contributed by atoms with E-state index in [2.05, 4.69) is 15.3 Å². The summed E-state index contributed by atoms with van der Waals surface area (Å²) in [6.07, 6.45) is 1.35. The number of hydrogen-bond acceptors (Lipinski definition) is 8. The number of benzene rings is 1. The molecule has 2 aromatic heterocycles. The van der Waals surface area contributed by atoms with Crippen LogP contribution in [0.5, 0.6) is 5.75 Å². The summed E-state index contributed by atoms with van der Waals surface area (Å²) in [4.78, 5) is 33.0. The zero-order valence-electron chi connectivity index (χ0n) is 19.4. The van der Waals surface area contributed by atoms with Crippen LogP contribution in [0.1, 0.15) is 38.4 Å². The van der Waals surface area contributed by atoms with Crippen molar-refractivity contribution in [3.8, 4) is 5.75 Å². The van der Waals surface area contributed by atoms with E-state index in [0.29, 0.717) is 28.7 Å². The van der Waals surface area contributed by atoms with Crippen molar-refractivity contribution >= 4 is 46.8 Å². The van der Waals surface area contributed by atoms with Crippen LogP contribution in [0.2, 0.25) is 0 Å². The largest absolute Gasteiger partial charge is 0.497 e. The van der Waals surface area contributed by atoms with E-state index in [1.807, 2.05) is 30.3 Å². The lowest BCUT2D eigenvalue weighted by Crippen LogP contribution is -2.28. The molecule has 3 aromatic rings. The van der Waals surface area contributed by atoms with Gasteiger partial charge in [0.1, 0.15) is 16.4 Å². The van der Waals surface area contributed by atoms with Crippen LogP contribution in [0, 0.1) is 0 Å². The molecule has 2 amide bonds. The van der Waals surface area contributed by atoms with Gasteiger partial charge in [-0.15, -0.1) is 11.8 Å². The molecule has 4 rings (SSSR count). The fourth-order valence-corrected chi connectivity index (χ4v) is 4.46. The van der Waals surface area contributed by atoms with Gasteiger partial charge in [-0.05, 0) is 50.1 Å². The lowest BCUT2D eigenvalue weighted by atomic mass is 10.1. The van der Waals surface area contributed by atoms with Crippen molar-refractivity contribution in [1.82, 2.24) is 19.7 Å². The average Bonchev–Trinajstić information content (AvgIpc) is 2.97. The van der Waals surface area contributed by atoms with Gasteiger partial charge in [-0.25, -0.2) is 14.5 Å². The zero-order valence-corrected chi connectivity index (χ0v) is 20.2. The molecule has 1 aromatic carbocycles. The van der Waals surface area contributed by atoms with Gasteiger partial charge in [-0.2, -0.15) is 10.1 Å². The van der Waals surface area contributed by atoms with Gasteiger partial charge in [0.05, 0.1) is 24.7 Å². The number of anilines is 1. The number of nitrogens with two attached hydrogens (primary N) is 1. The van der Waals surface area contributed by atoms with Crippen LogP contribution in [0.15, 0.2) is 34.9 Å². The third kappa shape index (κ3) is 5.48. The van der Waals surface area contributed by atoms with Crippen molar-refractivity contribution < 1.29 is 19.1 Å². The lowest BCUT2D eigenvalue weighted by molar-refractivity contribution is -0.117. The monoisotopic (exact) mass is 482 g/mol. The predicted octanol–water partition coefficient (Wildman–Crippen LogP) is 3.59. The molecule has 1 aliphatic rings. The number of aromatic nitrogens is 4. The molecule has 0 saturated heterocycles. The summed E-state index contributed by atoms with van der Waals surface area (Å²) in [7, 11) is 1.62. The second kappa shape index (κ2) is 9.34. The highest BCUT2D eigenvalue weighted by atomic mass is 32.2. The van der Waals surface area contributed by atoms with E-state index in [4.69, 9.17) is 20.3 Å². The molecule has 0 spiro atoms. The molecular weight excluding hydrogens is 456 g/mol. The van der Waals surface area contributed by atoms with E-state index in [-0.39, 0.29) is 12.4 Å². The van der Waals surface area contributed by atoms with Gasteiger partial charge in [0.2, 0.25) is 11.9 Å². The molecule has 0 bridgehead atoms. The van der Waals surface area contributed by atoms with Crippen molar-refractivity contribution in [2.45, 2.75) is 44.4 Å². The number of ether oxygens (including phenoxy) is 2. The molecule has 11 heteroatoms. The number of amides is 2. The van der Waals surface area contributed by atoms with Crippen molar-refractivity contribution in [3.05, 3.63) is 41.1 Å². The number of carbonyl (C=O) groups excluding carboxylic acids is 2. The number of nitrogens with zero attached hydrogens (tertiary/aromatic N) is 4. The van der Waals surface area contributed by atoms with E-state index < -0.39 is 17.6 Å². The Bertz CT molecular complexity index is 1280. The van der Waals surface area contributed by atoms with Gasteiger partial charge in [-0.1, -0.05) is 12.1 Å².